The zero-order chi connectivity index (χ0) is 29.1. The van der Waals surface area contributed by atoms with Crippen LogP contribution in [-0.4, -0.2) is 26.8 Å². The van der Waals surface area contributed by atoms with E-state index in [1.165, 1.54) is 75.1 Å². The van der Waals surface area contributed by atoms with Gasteiger partial charge in [-0.25, -0.2) is 4.68 Å². The van der Waals surface area contributed by atoms with Crippen LogP contribution in [0.1, 0.15) is 69.8 Å². The van der Waals surface area contributed by atoms with E-state index in [1.807, 2.05) is 24.3 Å². The lowest BCUT2D eigenvalue weighted by Gasteiger charge is -2.41. The third-order valence-electron chi connectivity index (χ3n) is 8.11. The molecule has 0 radical (unpaired) electrons. The highest BCUT2D eigenvalue weighted by Crippen LogP contribution is 2.45. The summed E-state index contributed by atoms with van der Waals surface area (Å²) in [5.74, 6) is 0.733. The number of benzene rings is 2. The van der Waals surface area contributed by atoms with Crippen molar-refractivity contribution >= 4 is 62.9 Å². The van der Waals surface area contributed by atoms with Gasteiger partial charge in [0.2, 0.25) is 0 Å². The molecule has 11 heteroatoms. The first kappa shape index (κ1) is 29.1. The quantitative estimate of drug-likeness (QED) is 0.189. The number of azo groups is 1. The minimum Gasteiger partial charge on any atom is -0.342 e. The van der Waals surface area contributed by atoms with Crippen molar-refractivity contribution in [3.05, 3.63) is 69.3 Å². The summed E-state index contributed by atoms with van der Waals surface area (Å²) in [6.45, 7) is 0. The summed E-state index contributed by atoms with van der Waals surface area (Å²) >= 11 is 20.9. The van der Waals surface area contributed by atoms with Crippen LogP contribution in [0.25, 0.3) is 16.1 Å². The number of nitrogens with zero attached hydrogens (tertiary/aromatic N) is 7. The van der Waals surface area contributed by atoms with E-state index in [0.29, 0.717) is 38.7 Å². The number of anilines is 1. The van der Waals surface area contributed by atoms with Gasteiger partial charge in [0.15, 0.2) is 16.8 Å². The lowest BCUT2D eigenvalue weighted by atomic mass is 9.89. The molecule has 4 aromatic rings. The summed E-state index contributed by atoms with van der Waals surface area (Å²) in [5.41, 5.74) is 1.66. The van der Waals surface area contributed by atoms with Crippen molar-refractivity contribution in [3.63, 3.8) is 0 Å². The van der Waals surface area contributed by atoms with Crippen LogP contribution < -0.4 is 4.90 Å². The Balaban J connectivity index is 1.45. The van der Waals surface area contributed by atoms with E-state index in [1.54, 1.807) is 29.5 Å². The smallest absolute Gasteiger partial charge is 0.195 e. The SMILES string of the molecule is N#Cc1cnn(-c2c(Cl)cccc2Cl)c1N=Nc1nc(N(C2CCCCC2)C2CCCCC2)sc1-c1ccc(Cl)cc1. The summed E-state index contributed by atoms with van der Waals surface area (Å²) in [6, 6.07) is 16.0. The highest BCUT2D eigenvalue weighted by Gasteiger charge is 2.32. The van der Waals surface area contributed by atoms with Crippen molar-refractivity contribution in [3.8, 4) is 22.2 Å². The van der Waals surface area contributed by atoms with Crippen molar-refractivity contribution in [1.29, 1.82) is 5.26 Å². The van der Waals surface area contributed by atoms with E-state index in [2.05, 4.69) is 26.3 Å². The monoisotopic (exact) mass is 637 g/mol. The minimum absolute atomic E-state index is 0.237. The topological polar surface area (TPSA) is 82.5 Å². The molecule has 6 rings (SSSR count). The molecule has 0 saturated heterocycles. The Hall–Kier alpha value is -2.96. The lowest BCUT2D eigenvalue weighted by molar-refractivity contribution is 0.339. The van der Waals surface area contributed by atoms with Gasteiger partial charge in [-0.1, -0.05) is 103 Å². The predicted octanol–water partition coefficient (Wildman–Crippen LogP) is 10.7. The molecule has 0 unspecified atom stereocenters. The van der Waals surface area contributed by atoms with Crippen LogP contribution in [-0.2, 0) is 0 Å². The zero-order valence-corrected chi connectivity index (χ0v) is 26.1. The first-order chi connectivity index (χ1) is 20.5. The molecule has 0 atom stereocenters. The molecule has 2 heterocycles. The van der Waals surface area contributed by atoms with Gasteiger partial charge in [0, 0.05) is 17.1 Å². The average molecular weight is 639 g/mol. The average Bonchev–Trinajstić information content (AvgIpc) is 3.61. The molecule has 216 valence electrons. The molecule has 2 aromatic carbocycles. The van der Waals surface area contributed by atoms with Crippen molar-refractivity contribution < 1.29 is 0 Å². The van der Waals surface area contributed by atoms with E-state index in [9.17, 15) is 5.26 Å². The molecule has 2 aromatic heterocycles. The van der Waals surface area contributed by atoms with E-state index < -0.39 is 0 Å². The van der Waals surface area contributed by atoms with E-state index >= 15 is 0 Å². The van der Waals surface area contributed by atoms with Gasteiger partial charge in [-0.05, 0) is 55.5 Å². The van der Waals surface area contributed by atoms with Gasteiger partial charge in [-0.2, -0.15) is 15.3 Å². The number of halogens is 3. The highest BCUT2D eigenvalue weighted by atomic mass is 35.5. The molecule has 2 aliphatic carbocycles. The second kappa shape index (κ2) is 13.1. The fourth-order valence-corrected chi connectivity index (χ4v) is 7.90. The molecule has 2 saturated carbocycles. The Morgan fingerprint density at radius 1 is 0.857 bits per heavy atom. The second-order valence-electron chi connectivity index (χ2n) is 10.8. The third-order valence-corrected chi connectivity index (χ3v) is 10.1. The summed E-state index contributed by atoms with van der Waals surface area (Å²) in [4.78, 5) is 8.65. The first-order valence-electron chi connectivity index (χ1n) is 14.4. The molecule has 2 fully saturated rings. The van der Waals surface area contributed by atoms with Gasteiger partial charge in [-0.15, -0.1) is 10.2 Å². The fourth-order valence-electron chi connectivity index (χ4n) is 6.06. The van der Waals surface area contributed by atoms with Crippen LogP contribution in [0.15, 0.2) is 58.9 Å². The third kappa shape index (κ3) is 6.07. The number of aromatic nitrogens is 3. The first-order valence-corrected chi connectivity index (χ1v) is 16.4. The number of thiazole rings is 1. The largest absolute Gasteiger partial charge is 0.342 e. The van der Waals surface area contributed by atoms with Gasteiger partial charge in [0.25, 0.3) is 0 Å². The molecule has 0 spiro atoms. The van der Waals surface area contributed by atoms with Crippen molar-refractivity contribution in [2.45, 2.75) is 76.3 Å². The Kier molecular flexibility index (Phi) is 9.11. The van der Waals surface area contributed by atoms with E-state index in [0.717, 1.165) is 15.6 Å². The van der Waals surface area contributed by atoms with Gasteiger partial charge >= 0.3 is 0 Å². The Bertz CT molecular complexity index is 1570. The van der Waals surface area contributed by atoms with E-state index in [4.69, 9.17) is 39.8 Å². The van der Waals surface area contributed by atoms with Gasteiger partial charge in [0.1, 0.15) is 17.3 Å². The maximum absolute atomic E-state index is 9.83. The molecule has 42 heavy (non-hydrogen) atoms. The normalized spacial score (nSPS) is 16.6. The minimum atomic E-state index is 0.237. The molecule has 0 amide bonds. The molecule has 7 nitrogen and oxygen atoms in total. The molecular formula is C31H30Cl3N7S. The predicted molar refractivity (Wildman–Crippen MR) is 171 cm³/mol. The number of para-hydroxylation sites is 1. The molecular weight excluding hydrogens is 609 g/mol. The molecule has 0 N–H and O–H groups in total. The number of rotatable bonds is 7. The second-order valence-corrected chi connectivity index (χ2v) is 13.1. The van der Waals surface area contributed by atoms with Crippen molar-refractivity contribution in [1.82, 2.24) is 14.8 Å². The Morgan fingerprint density at radius 3 is 2.07 bits per heavy atom. The molecule has 0 bridgehead atoms. The van der Waals surface area contributed by atoms with Crippen LogP contribution in [0.2, 0.25) is 15.1 Å². The standard InChI is InChI=1S/C31H30Cl3N7S/c32-22-16-14-20(15-17-22)28-29(37-31(42-28)40(23-8-3-1-4-9-23)24-10-5-2-6-11-24)38-39-30-21(18-35)19-36-41(30)27-25(33)12-7-13-26(27)34/h7,12-17,19,23-24H,1-6,8-11H2. The van der Waals surface area contributed by atoms with Crippen molar-refractivity contribution in [2.75, 3.05) is 4.90 Å². The summed E-state index contributed by atoms with van der Waals surface area (Å²) in [7, 11) is 0. The highest BCUT2D eigenvalue weighted by molar-refractivity contribution is 7.19. The summed E-state index contributed by atoms with van der Waals surface area (Å²) in [5, 5.41) is 25.8. The maximum atomic E-state index is 9.83. The van der Waals surface area contributed by atoms with Crippen LogP contribution in [0.4, 0.5) is 16.8 Å². The molecule has 0 aliphatic heterocycles. The Labute approximate surface area is 264 Å². The van der Waals surface area contributed by atoms with Gasteiger partial charge in [-0.3, -0.25) is 0 Å². The number of hydrogen-bond donors (Lipinski definition) is 0. The number of hydrogen-bond acceptors (Lipinski definition) is 7. The Morgan fingerprint density at radius 2 is 1.48 bits per heavy atom. The maximum Gasteiger partial charge on any atom is 0.195 e. The van der Waals surface area contributed by atoms with Crippen LogP contribution in [0.5, 0.6) is 0 Å². The number of nitriles is 1. The zero-order valence-electron chi connectivity index (χ0n) is 23.0. The molecule has 2 aliphatic rings. The van der Waals surface area contributed by atoms with Crippen LogP contribution >= 0.6 is 46.1 Å². The van der Waals surface area contributed by atoms with Crippen LogP contribution in [0, 0.1) is 11.3 Å². The van der Waals surface area contributed by atoms with Crippen LogP contribution in [0.3, 0.4) is 0 Å². The van der Waals surface area contributed by atoms with Gasteiger partial charge < -0.3 is 4.90 Å². The van der Waals surface area contributed by atoms with Crippen molar-refractivity contribution in [2.24, 2.45) is 10.2 Å². The lowest BCUT2D eigenvalue weighted by Crippen LogP contribution is -2.45. The van der Waals surface area contributed by atoms with E-state index in [-0.39, 0.29) is 11.4 Å². The van der Waals surface area contributed by atoms with Gasteiger partial charge in [0.05, 0.1) is 21.1 Å². The summed E-state index contributed by atoms with van der Waals surface area (Å²) in [6.07, 6.45) is 13.8. The summed E-state index contributed by atoms with van der Waals surface area (Å²) < 4.78 is 1.46. The fraction of sp³-hybridized carbons (Fsp3) is 0.387.